The Morgan fingerprint density at radius 2 is 2.29 bits per heavy atom. The van der Waals surface area contributed by atoms with Gasteiger partial charge >= 0.3 is 5.97 Å². The van der Waals surface area contributed by atoms with E-state index in [4.69, 9.17) is 11.5 Å². The molecule has 0 saturated carbocycles. The zero-order valence-corrected chi connectivity index (χ0v) is 8.75. The van der Waals surface area contributed by atoms with Gasteiger partial charge < -0.3 is 15.5 Å². The van der Waals surface area contributed by atoms with Crippen LogP contribution in [-0.4, -0.2) is 33.1 Å². The number of aliphatic carboxylic acids is 1. The number of carbonyl (C=O) groups excluding carboxylic acids is 1. The van der Waals surface area contributed by atoms with E-state index in [1.54, 1.807) is 0 Å². The molecule has 0 fully saturated rings. The smallest absolute Gasteiger partial charge is 0.327 e. The molecule has 0 aromatic carbocycles. The third kappa shape index (κ3) is 3.21. The number of carboxylic acids is 1. The second-order valence-electron chi connectivity index (χ2n) is 3.17. The van der Waals surface area contributed by atoms with Crippen LogP contribution in [0.2, 0.25) is 0 Å². The molecular weight excluding hydrogens is 224 g/mol. The predicted molar refractivity (Wildman–Crippen MR) is 58.2 cm³/mol. The molecule has 0 aliphatic heterocycles. The molecular formula is C11H10N2O4. The molecule has 0 spiro atoms. The molecule has 0 aliphatic carbocycles. The molecule has 0 aliphatic rings. The minimum atomic E-state index is -1.23. The Kier molecular flexibility index (Phi) is 4.06. The van der Waals surface area contributed by atoms with Gasteiger partial charge in [-0.3, -0.25) is 9.78 Å². The van der Waals surface area contributed by atoms with Crippen LogP contribution in [0.5, 0.6) is 5.75 Å². The standard InChI is InChI=1S/C11H10N2O4/c1-2-3-8(11(16)17)13-10(15)7-4-5-12-6-9(7)14/h1,4-6,8,14H,3H2,(H,13,15)(H,16,17). The maximum atomic E-state index is 11.6. The van der Waals surface area contributed by atoms with Crippen LogP contribution >= 0.6 is 0 Å². The molecule has 0 saturated heterocycles. The molecule has 1 aromatic rings. The SMILES string of the molecule is C#CCC(NC(=O)c1ccncc1O)C(=O)O. The van der Waals surface area contributed by atoms with E-state index in [0.29, 0.717) is 0 Å². The first kappa shape index (κ1) is 12.5. The van der Waals surface area contributed by atoms with E-state index in [1.165, 1.54) is 12.3 Å². The molecule has 17 heavy (non-hydrogen) atoms. The van der Waals surface area contributed by atoms with Crippen molar-refractivity contribution in [3.8, 4) is 18.1 Å². The number of pyridine rings is 1. The van der Waals surface area contributed by atoms with Crippen molar-refractivity contribution in [1.82, 2.24) is 10.3 Å². The Morgan fingerprint density at radius 1 is 1.59 bits per heavy atom. The maximum absolute atomic E-state index is 11.6. The van der Waals surface area contributed by atoms with Gasteiger partial charge in [-0.15, -0.1) is 12.3 Å². The average molecular weight is 234 g/mol. The van der Waals surface area contributed by atoms with Gasteiger partial charge in [0.05, 0.1) is 11.8 Å². The highest BCUT2D eigenvalue weighted by Crippen LogP contribution is 2.13. The molecule has 3 N–H and O–H groups in total. The highest BCUT2D eigenvalue weighted by atomic mass is 16.4. The first-order valence-corrected chi connectivity index (χ1v) is 4.66. The summed E-state index contributed by atoms with van der Waals surface area (Å²) in [4.78, 5) is 26.0. The third-order valence-electron chi connectivity index (χ3n) is 1.97. The molecule has 88 valence electrons. The van der Waals surface area contributed by atoms with E-state index < -0.39 is 17.9 Å². The molecule has 1 rings (SSSR count). The predicted octanol–water partition coefficient (Wildman–Crippen LogP) is -0.00650. The normalized spacial score (nSPS) is 11.2. The second kappa shape index (κ2) is 5.51. The number of terminal acetylenes is 1. The van der Waals surface area contributed by atoms with E-state index in [2.05, 4.69) is 16.2 Å². The Balaban J connectivity index is 2.82. The summed E-state index contributed by atoms with van der Waals surface area (Å²) in [6.07, 6.45) is 7.26. The number of rotatable bonds is 4. The number of aromatic hydroxyl groups is 1. The van der Waals surface area contributed by atoms with Crippen LogP contribution in [0.4, 0.5) is 0 Å². The van der Waals surface area contributed by atoms with Crippen LogP contribution < -0.4 is 5.32 Å². The second-order valence-corrected chi connectivity index (χ2v) is 3.17. The Hall–Kier alpha value is -2.55. The lowest BCUT2D eigenvalue weighted by atomic mass is 10.2. The van der Waals surface area contributed by atoms with E-state index in [-0.39, 0.29) is 17.7 Å². The van der Waals surface area contributed by atoms with Crippen LogP contribution in [0, 0.1) is 12.3 Å². The van der Waals surface area contributed by atoms with Crippen LogP contribution in [0.1, 0.15) is 16.8 Å². The van der Waals surface area contributed by atoms with Crippen molar-refractivity contribution in [2.24, 2.45) is 0 Å². The zero-order chi connectivity index (χ0) is 12.8. The number of carbonyl (C=O) groups is 2. The van der Waals surface area contributed by atoms with Crippen LogP contribution in [0.15, 0.2) is 18.5 Å². The lowest BCUT2D eigenvalue weighted by Gasteiger charge is -2.12. The fourth-order valence-electron chi connectivity index (χ4n) is 1.13. The number of hydrogen-bond donors (Lipinski definition) is 3. The van der Waals surface area contributed by atoms with Gasteiger partial charge in [-0.05, 0) is 6.07 Å². The van der Waals surface area contributed by atoms with Crippen molar-refractivity contribution in [2.75, 3.05) is 0 Å². The van der Waals surface area contributed by atoms with Crippen molar-refractivity contribution < 1.29 is 19.8 Å². The van der Waals surface area contributed by atoms with Gasteiger partial charge in [0.1, 0.15) is 11.8 Å². The lowest BCUT2D eigenvalue weighted by Crippen LogP contribution is -2.40. The van der Waals surface area contributed by atoms with Crippen molar-refractivity contribution in [2.45, 2.75) is 12.5 Å². The molecule has 6 heteroatoms. The number of carboxylic acid groups (broad SMARTS) is 1. The van der Waals surface area contributed by atoms with Crippen LogP contribution in [0.3, 0.4) is 0 Å². The Bertz CT molecular complexity index is 479. The number of hydrogen-bond acceptors (Lipinski definition) is 4. The highest BCUT2D eigenvalue weighted by Gasteiger charge is 2.20. The van der Waals surface area contributed by atoms with E-state index in [1.807, 2.05) is 0 Å². The average Bonchev–Trinajstić information content (AvgIpc) is 2.28. The largest absolute Gasteiger partial charge is 0.505 e. The van der Waals surface area contributed by atoms with Gasteiger partial charge in [-0.2, -0.15) is 0 Å². The first-order valence-electron chi connectivity index (χ1n) is 4.66. The Labute approximate surface area is 97.3 Å². The quantitative estimate of drug-likeness (QED) is 0.636. The van der Waals surface area contributed by atoms with Crippen LogP contribution in [0.25, 0.3) is 0 Å². The minimum Gasteiger partial charge on any atom is -0.505 e. The molecule has 1 aromatic heterocycles. The maximum Gasteiger partial charge on any atom is 0.327 e. The number of nitrogens with zero attached hydrogens (tertiary/aromatic N) is 1. The van der Waals surface area contributed by atoms with Gasteiger partial charge in [0.2, 0.25) is 0 Å². The summed E-state index contributed by atoms with van der Waals surface area (Å²) in [5, 5.41) is 20.3. The molecule has 6 nitrogen and oxygen atoms in total. The van der Waals surface area contributed by atoms with Gasteiger partial charge in [-0.25, -0.2) is 4.79 Å². The molecule has 0 bridgehead atoms. The summed E-state index contributed by atoms with van der Waals surface area (Å²) in [6, 6.07) is 0.0967. The third-order valence-corrected chi connectivity index (χ3v) is 1.97. The summed E-state index contributed by atoms with van der Waals surface area (Å²) >= 11 is 0. The highest BCUT2D eigenvalue weighted by molar-refractivity contribution is 5.98. The topological polar surface area (TPSA) is 99.5 Å². The molecule has 1 atom stereocenters. The fraction of sp³-hybridized carbons (Fsp3) is 0.182. The van der Waals surface area contributed by atoms with Crippen LogP contribution in [-0.2, 0) is 4.79 Å². The van der Waals surface area contributed by atoms with Crippen molar-refractivity contribution in [1.29, 1.82) is 0 Å². The minimum absolute atomic E-state index is 0.0525. The van der Waals surface area contributed by atoms with Gasteiger partial charge in [0.25, 0.3) is 5.91 Å². The van der Waals surface area contributed by atoms with Crippen molar-refractivity contribution in [3.63, 3.8) is 0 Å². The number of amides is 1. The summed E-state index contributed by atoms with van der Waals surface area (Å²) in [5.41, 5.74) is -0.0525. The van der Waals surface area contributed by atoms with Crippen molar-refractivity contribution in [3.05, 3.63) is 24.0 Å². The van der Waals surface area contributed by atoms with Gasteiger partial charge in [0.15, 0.2) is 0 Å². The summed E-state index contributed by atoms with van der Waals surface area (Å²) in [6.45, 7) is 0. The number of aromatic nitrogens is 1. The first-order chi connectivity index (χ1) is 8.06. The van der Waals surface area contributed by atoms with Crippen molar-refractivity contribution >= 4 is 11.9 Å². The van der Waals surface area contributed by atoms with Gasteiger partial charge in [-0.1, -0.05) is 0 Å². The Morgan fingerprint density at radius 3 is 2.82 bits per heavy atom. The summed E-state index contributed by atoms with van der Waals surface area (Å²) in [7, 11) is 0. The summed E-state index contributed by atoms with van der Waals surface area (Å²) in [5.74, 6) is -0.121. The molecule has 1 amide bonds. The number of nitrogens with one attached hydrogen (secondary N) is 1. The van der Waals surface area contributed by atoms with E-state index >= 15 is 0 Å². The monoisotopic (exact) mass is 234 g/mol. The summed E-state index contributed by atoms with van der Waals surface area (Å²) < 4.78 is 0. The fourth-order valence-corrected chi connectivity index (χ4v) is 1.13. The van der Waals surface area contributed by atoms with E-state index in [9.17, 15) is 14.7 Å². The molecule has 1 unspecified atom stereocenters. The lowest BCUT2D eigenvalue weighted by molar-refractivity contribution is -0.139. The molecule has 0 radical (unpaired) electrons. The zero-order valence-electron chi connectivity index (χ0n) is 8.75. The molecule has 1 heterocycles. The van der Waals surface area contributed by atoms with Gasteiger partial charge in [0, 0.05) is 12.6 Å². The van der Waals surface area contributed by atoms with E-state index in [0.717, 1.165) is 6.20 Å².